The van der Waals surface area contributed by atoms with Crippen molar-refractivity contribution in [2.75, 3.05) is 11.9 Å². The molecule has 1 saturated carbocycles. The van der Waals surface area contributed by atoms with Crippen molar-refractivity contribution in [3.05, 3.63) is 0 Å². The lowest BCUT2D eigenvalue weighted by molar-refractivity contribution is -0.133. The monoisotopic (exact) mass is 261 g/mol. The Kier molecular flexibility index (Phi) is 3.99. The molecular formula is C11H20BrNO. The molecule has 1 aliphatic rings. The van der Waals surface area contributed by atoms with Crippen LogP contribution in [0.2, 0.25) is 0 Å². The van der Waals surface area contributed by atoms with Gasteiger partial charge < -0.3 is 4.90 Å². The van der Waals surface area contributed by atoms with E-state index in [0.717, 1.165) is 11.9 Å². The molecule has 0 aromatic carbocycles. The Morgan fingerprint density at radius 2 is 2.00 bits per heavy atom. The maximum absolute atomic E-state index is 11.9. The Bertz CT molecular complexity index is 206. The lowest BCUT2D eigenvalue weighted by Crippen LogP contribution is -2.36. The van der Waals surface area contributed by atoms with E-state index in [9.17, 15) is 4.79 Å². The molecular weight excluding hydrogens is 242 g/mol. The molecule has 0 heterocycles. The first-order valence-electron chi connectivity index (χ1n) is 5.29. The SMILES string of the molecule is CC(C)(C)CC(=O)N(CCBr)C1CC1. The second-order valence-corrected chi connectivity index (χ2v) is 6.04. The van der Waals surface area contributed by atoms with Gasteiger partial charge in [-0.3, -0.25) is 4.79 Å². The molecule has 1 fully saturated rings. The third kappa shape index (κ3) is 3.99. The highest BCUT2D eigenvalue weighted by molar-refractivity contribution is 9.09. The summed E-state index contributed by atoms with van der Waals surface area (Å²) in [4.78, 5) is 14.0. The third-order valence-electron chi connectivity index (χ3n) is 2.31. The topological polar surface area (TPSA) is 20.3 Å². The summed E-state index contributed by atoms with van der Waals surface area (Å²) in [6.07, 6.45) is 3.06. The van der Waals surface area contributed by atoms with Crippen LogP contribution < -0.4 is 0 Å². The van der Waals surface area contributed by atoms with E-state index in [1.165, 1.54) is 12.8 Å². The molecule has 0 N–H and O–H groups in total. The van der Waals surface area contributed by atoms with Gasteiger partial charge in [0.1, 0.15) is 0 Å². The normalized spacial score (nSPS) is 16.9. The minimum absolute atomic E-state index is 0.108. The number of amides is 1. The average molecular weight is 262 g/mol. The Labute approximate surface area is 95.2 Å². The van der Waals surface area contributed by atoms with Crippen molar-refractivity contribution in [2.45, 2.75) is 46.1 Å². The first-order chi connectivity index (χ1) is 6.44. The van der Waals surface area contributed by atoms with E-state index in [1.807, 2.05) is 4.90 Å². The fraction of sp³-hybridized carbons (Fsp3) is 0.909. The summed E-state index contributed by atoms with van der Waals surface area (Å²) in [6, 6.07) is 0.544. The van der Waals surface area contributed by atoms with Crippen LogP contribution in [0.4, 0.5) is 0 Å². The van der Waals surface area contributed by atoms with Gasteiger partial charge in [0.2, 0.25) is 5.91 Å². The van der Waals surface area contributed by atoms with Crippen LogP contribution in [0, 0.1) is 5.41 Å². The van der Waals surface area contributed by atoms with Gasteiger partial charge >= 0.3 is 0 Å². The number of rotatable bonds is 4. The quantitative estimate of drug-likeness (QED) is 0.713. The highest BCUT2D eigenvalue weighted by atomic mass is 79.9. The van der Waals surface area contributed by atoms with Crippen LogP contribution in [0.5, 0.6) is 0 Å². The molecule has 3 heteroatoms. The molecule has 0 saturated heterocycles. The van der Waals surface area contributed by atoms with Gasteiger partial charge in [-0.15, -0.1) is 0 Å². The van der Waals surface area contributed by atoms with Crippen molar-refractivity contribution in [1.29, 1.82) is 0 Å². The summed E-state index contributed by atoms with van der Waals surface area (Å²) >= 11 is 3.40. The molecule has 0 spiro atoms. The molecule has 1 amide bonds. The van der Waals surface area contributed by atoms with Gasteiger partial charge in [0.25, 0.3) is 0 Å². The van der Waals surface area contributed by atoms with Crippen LogP contribution in [0.25, 0.3) is 0 Å². The standard InChI is InChI=1S/C11H20BrNO/c1-11(2,3)8-10(14)13(7-6-12)9-4-5-9/h9H,4-8H2,1-3H3. The molecule has 82 valence electrons. The predicted octanol–water partition coefficient (Wildman–Crippen LogP) is 2.81. The van der Waals surface area contributed by atoms with E-state index in [0.29, 0.717) is 18.4 Å². The molecule has 0 unspecified atom stereocenters. The summed E-state index contributed by atoms with van der Waals surface area (Å²) in [7, 11) is 0. The first kappa shape index (κ1) is 12.0. The van der Waals surface area contributed by atoms with Crippen molar-refractivity contribution in [3.8, 4) is 0 Å². The zero-order chi connectivity index (χ0) is 10.8. The van der Waals surface area contributed by atoms with Crippen LogP contribution in [0.3, 0.4) is 0 Å². The Balaban J connectivity index is 2.46. The van der Waals surface area contributed by atoms with Crippen LogP contribution in [-0.2, 0) is 4.79 Å². The fourth-order valence-electron chi connectivity index (χ4n) is 1.54. The zero-order valence-corrected chi connectivity index (χ0v) is 10.9. The molecule has 0 aliphatic heterocycles. The lowest BCUT2D eigenvalue weighted by atomic mass is 9.91. The molecule has 0 atom stereocenters. The van der Waals surface area contributed by atoms with Crippen molar-refractivity contribution in [1.82, 2.24) is 4.90 Å². The number of nitrogens with zero attached hydrogens (tertiary/aromatic N) is 1. The zero-order valence-electron chi connectivity index (χ0n) is 9.35. The van der Waals surface area contributed by atoms with E-state index in [-0.39, 0.29) is 5.41 Å². The van der Waals surface area contributed by atoms with E-state index in [2.05, 4.69) is 36.7 Å². The molecule has 0 aromatic heterocycles. The maximum atomic E-state index is 11.9. The van der Waals surface area contributed by atoms with Crippen molar-refractivity contribution < 1.29 is 4.79 Å². The minimum atomic E-state index is 0.108. The summed E-state index contributed by atoms with van der Waals surface area (Å²) in [5, 5.41) is 0.888. The molecule has 0 aromatic rings. The molecule has 1 aliphatic carbocycles. The van der Waals surface area contributed by atoms with E-state index in [4.69, 9.17) is 0 Å². The number of hydrogen-bond donors (Lipinski definition) is 0. The second-order valence-electron chi connectivity index (χ2n) is 5.24. The van der Waals surface area contributed by atoms with Gasteiger partial charge in [-0.2, -0.15) is 0 Å². The average Bonchev–Trinajstić information content (AvgIpc) is 2.78. The second kappa shape index (κ2) is 4.65. The Morgan fingerprint density at radius 3 is 2.36 bits per heavy atom. The van der Waals surface area contributed by atoms with Gasteiger partial charge in [-0.25, -0.2) is 0 Å². The highest BCUT2D eigenvalue weighted by Gasteiger charge is 2.33. The van der Waals surface area contributed by atoms with Crippen molar-refractivity contribution in [2.24, 2.45) is 5.41 Å². The van der Waals surface area contributed by atoms with Gasteiger partial charge in [0.05, 0.1) is 0 Å². The summed E-state index contributed by atoms with van der Waals surface area (Å²) in [5.41, 5.74) is 0.108. The number of alkyl halides is 1. The van der Waals surface area contributed by atoms with Crippen molar-refractivity contribution >= 4 is 21.8 Å². The van der Waals surface area contributed by atoms with E-state index >= 15 is 0 Å². The van der Waals surface area contributed by atoms with Crippen LogP contribution in [0.15, 0.2) is 0 Å². The fourth-order valence-corrected chi connectivity index (χ4v) is 1.93. The number of halogens is 1. The molecule has 0 bridgehead atoms. The predicted molar refractivity (Wildman–Crippen MR) is 62.6 cm³/mol. The van der Waals surface area contributed by atoms with Crippen LogP contribution in [0.1, 0.15) is 40.0 Å². The van der Waals surface area contributed by atoms with Crippen LogP contribution >= 0.6 is 15.9 Å². The van der Waals surface area contributed by atoms with Gasteiger partial charge in [0.15, 0.2) is 0 Å². The number of carbonyl (C=O) groups excluding carboxylic acids is 1. The Hall–Kier alpha value is -0.0500. The lowest BCUT2D eigenvalue weighted by Gasteiger charge is -2.26. The first-order valence-corrected chi connectivity index (χ1v) is 6.41. The molecule has 14 heavy (non-hydrogen) atoms. The summed E-state index contributed by atoms with van der Waals surface area (Å²) in [5.74, 6) is 0.319. The van der Waals surface area contributed by atoms with Crippen LogP contribution in [-0.4, -0.2) is 28.7 Å². The third-order valence-corrected chi connectivity index (χ3v) is 2.67. The molecule has 0 radical (unpaired) electrons. The summed E-state index contributed by atoms with van der Waals surface area (Å²) in [6.45, 7) is 7.21. The van der Waals surface area contributed by atoms with Crippen molar-refractivity contribution in [3.63, 3.8) is 0 Å². The summed E-state index contributed by atoms with van der Waals surface area (Å²) < 4.78 is 0. The molecule has 2 nitrogen and oxygen atoms in total. The van der Waals surface area contributed by atoms with E-state index < -0.39 is 0 Å². The van der Waals surface area contributed by atoms with Gasteiger partial charge in [0, 0.05) is 24.3 Å². The van der Waals surface area contributed by atoms with Gasteiger partial charge in [-0.1, -0.05) is 36.7 Å². The largest absolute Gasteiger partial charge is 0.339 e. The highest BCUT2D eigenvalue weighted by Crippen LogP contribution is 2.29. The minimum Gasteiger partial charge on any atom is -0.339 e. The van der Waals surface area contributed by atoms with E-state index in [1.54, 1.807) is 0 Å². The number of hydrogen-bond acceptors (Lipinski definition) is 1. The van der Waals surface area contributed by atoms with Gasteiger partial charge in [-0.05, 0) is 18.3 Å². The Morgan fingerprint density at radius 1 is 1.43 bits per heavy atom. The smallest absolute Gasteiger partial charge is 0.223 e. The maximum Gasteiger partial charge on any atom is 0.223 e. The number of carbonyl (C=O) groups is 1. The molecule has 1 rings (SSSR count).